The van der Waals surface area contributed by atoms with Crippen LogP contribution in [0.4, 0.5) is 0 Å². The van der Waals surface area contributed by atoms with Crippen LogP contribution in [0.2, 0.25) is 0 Å². The molecule has 2 atom stereocenters. The maximum absolute atomic E-state index is 12.5. The molecule has 136 valence electrons. The van der Waals surface area contributed by atoms with Crippen molar-refractivity contribution in [3.63, 3.8) is 0 Å². The Morgan fingerprint density at radius 2 is 1.85 bits per heavy atom. The Balaban J connectivity index is 1.47. The predicted octanol–water partition coefficient (Wildman–Crippen LogP) is 2.83. The molecule has 0 spiro atoms. The van der Waals surface area contributed by atoms with Gasteiger partial charge in [0.1, 0.15) is 13.2 Å². The van der Waals surface area contributed by atoms with Gasteiger partial charge >= 0.3 is 0 Å². The first kappa shape index (κ1) is 17.4. The molecule has 0 aromatic heterocycles. The summed E-state index contributed by atoms with van der Waals surface area (Å²) in [6, 6.07) is 12.0. The summed E-state index contributed by atoms with van der Waals surface area (Å²) in [4.78, 5) is 12.4. The Labute approximate surface area is 159 Å². The molecule has 1 heterocycles. The van der Waals surface area contributed by atoms with Gasteiger partial charge in [-0.2, -0.15) is 0 Å². The van der Waals surface area contributed by atoms with Crippen molar-refractivity contribution in [1.82, 2.24) is 4.72 Å². The van der Waals surface area contributed by atoms with Crippen molar-refractivity contribution < 1.29 is 22.7 Å². The van der Waals surface area contributed by atoms with Crippen molar-refractivity contribution in [2.75, 3.05) is 13.2 Å². The molecular formula is C18H16BrNO5S. The summed E-state index contributed by atoms with van der Waals surface area (Å²) in [5, 5.41) is 0. The Bertz CT molecular complexity index is 975. The second-order valence-corrected chi connectivity index (χ2v) is 8.88. The Hall–Kier alpha value is -2.06. The number of fused-ring (bicyclic) bond motifs is 1. The van der Waals surface area contributed by atoms with E-state index in [0.29, 0.717) is 31.1 Å². The average molecular weight is 438 g/mol. The standard InChI is InChI=1S/C18H16BrNO5S/c19-12-3-1-2-11(8-12)14-10-15(14)18(21)20-26(22,23)13-4-5-16-17(9-13)25-7-6-24-16/h1-5,8-9,14-15H,6-7,10H2,(H,20,21). The van der Waals surface area contributed by atoms with E-state index in [1.54, 1.807) is 0 Å². The number of halogens is 1. The lowest BCUT2D eigenvalue weighted by Gasteiger charge is -2.18. The minimum atomic E-state index is -3.96. The number of hydrogen-bond donors (Lipinski definition) is 1. The normalized spacial score (nSPS) is 21.1. The van der Waals surface area contributed by atoms with E-state index in [4.69, 9.17) is 9.47 Å². The van der Waals surface area contributed by atoms with E-state index < -0.39 is 15.9 Å². The Morgan fingerprint density at radius 3 is 2.62 bits per heavy atom. The van der Waals surface area contributed by atoms with E-state index in [9.17, 15) is 13.2 Å². The van der Waals surface area contributed by atoms with Crippen molar-refractivity contribution in [1.29, 1.82) is 0 Å². The minimum Gasteiger partial charge on any atom is -0.486 e. The second kappa shape index (κ2) is 6.59. The number of sulfonamides is 1. The van der Waals surface area contributed by atoms with Crippen LogP contribution in [0.25, 0.3) is 0 Å². The van der Waals surface area contributed by atoms with Crippen molar-refractivity contribution in [2.24, 2.45) is 5.92 Å². The fourth-order valence-corrected chi connectivity index (χ4v) is 4.51. The molecule has 2 aromatic rings. The minimum absolute atomic E-state index is 0.0187. The topological polar surface area (TPSA) is 81.7 Å². The van der Waals surface area contributed by atoms with Crippen molar-refractivity contribution in [3.8, 4) is 11.5 Å². The zero-order valence-corrected chi connectivity index (χ0v) is 16.0. The number of carbonyl (C=O) groups excluding carboxylic acids is 1. The van der Waals surface area contributed by atoms with Gasteiger partial charge in [0.25, 0.3) is 10.0 Å². The lowest BCUT2D eigenvalue weighted by atomic mass is 10.1. The molecule has 1 aliphatic heterocycles. The number of rotatable bonds is 4. The van der Waals surface area contributed by atoms with Crippen LogP contribution in [-0.2, 0) is 14.8 Å². The van der Waals surface area contributed by atoms with E-state index in [0.717, 1.165) is 10.0 Å². The van der Waals surface area contributed by atoms with Crippen LogP contribution >= 0.6 is 15.9 Å². The molecule has 1 N–H and O–H groups in total. The molecule has 4 rings (SSSR count). The number of ether oxygens (including phenoxy) is 2. The van der Waals surface area contributed by atoms with E-state index in [-0.39, 0.29) is 16.7 Å². The van der Waals surface area contributed by atoms with Gasteiger partial charge in [-0.3, -0.25) is 4.79 Å². The summed E-state index contributed by atoms with van der Waals surface area (Å²) in [5.41, 5.74) is 1.02. The lowest BCUT2D eigenvalue weighted by molar-refractivity contribution is -0.120. The summed E-state index contributed by atoms with van der Waals surface area (Å²) < 4.78 is 38.9. The quantitative estimate of drug-likeness (QED) is 0.794. The van der Waals surface area contributed by atoms with E-state index in [2.05, 4.69) is 20.7 Å². The van der Waals surface area contributed by atoms with Gasteiger partial charge in [0.05, 0.1) is 4.90 Å². The number of carbonyl (C=O) groups is 1. The fourth-order valence-electron chi connectivity index (χ4n) is 3.05. The zero-order chi connectivity index (χ0) is 18.3. The Kier molecular flexibility index (Phi) is 4.40. The summed E-state index contributed by atoms with van der Waals surface area (Å²) in [7, 11) is -3.96. The first-order chi connectivity index (χ1) is 12.4. The average Bonchev–Trinajstić information content (AvgIpc) is 3.42. The van der Waals surface area contributed by atoms with Gasteiger partial charge in [0.2, 0.25) is 5.91 Å². The lowest BCUT2D eigenvalue weighted by Crippen LogP contribution is -2.32. The number of hydrogen-bond acceptors (Lipinski definition) is 5. The molecule has 6 nitrogen and oxygen atoms in total. The van der Waals surface area contributed by atoms with Crippen molar-refractivity contribution in [3.05, 3.63) is 52.5 Å². The Morgan fingerprint density at radius 1 is 1.08 bits per heavy atom. The third-order valence-corrected chi connectivity index (χ3v) is 6.30. The van der Waals surface area contributed by atoms with Gasteiger partial charge in [-0.05, 0) is 42.2 Å². The van der Waals surface area contributed by atoms with Crippen LogP contribution in [0.5, 0.6) is 11.5 Å². The van der Waals surface area contributed by atoms with E-state index in [1.807, 2.05) is 24.3 Å². The van der Waals surface area contributed by atoms with Crippen molar-refractivity contribution in [2.45, 2.75) is 17.2 Å². The molecule has 1 aliphatic carbocycles. The highest BCUT2D eigenvalue weighted by molar-refractivity contribution is 9.10. The van der Waals surface area contributed by atoms with Gasteiger partial charge in [-0.25, -0.2) is 13.1 Å². The smallest absolute Gasteiger partial charge is 0.264 e. The predicted molar refractivity (Wildman–Crippen MR) is 97.8 cm³/mol. The summed E-state index contributed by atoms with van der Waals surface area (Å²) in [6.07, 6.45) is 0.638. The number of nitrogens with one attached hydrogen (secondary N) is 1. The molecule has 2 aromatic carbocycles. The molecule has 1 amide bonds. The summed E-state index contributed by atoms with van der Waals surface area (Å²) >= 11 is 3.41. The van der Waals surface area contributed by atoms with E-state index >= 15 is 0 Å². The highest BCUT2D eigenvalue weighted by Gasteiger charge is 2.45. The number of benzene rings is 2. The monoisotopic (exact) mass is 437 g/mol. The van der Waals surface area contributed by atoms with Crippen LogP contribution in [0.1, 0.15) is 17.9 Å². The highest BCUT2D eigenvalue weighted by atomic mass is 79.9. The maximum atomic E-state index is 12.5. The van der Waals surface area contributed by atoms with Crippen LogP contribution in [-0.4, -0.2) is 27.5 Å². The third kappa shape index (κ3) is 3.43. The zero-order valence-electron chi connectivity index (χ0n) is 13.6. The SMILES string of the molecule is O=C(NS(=O)(=O)c1ccc2c(c1)OCCO2)C1CC1c1cccc(Br)c1. The molecule has 0 saturated heterocycles. The molecule has 0 bridgehead atoms. The number of amides is 1. The molecule has 0 radical (unpaired) electrons. The third-order valence-electron chi connectivity index (χ3n) is 4.46. The van der Waals surface area contributed by atoms with Crippen molar-refractivity contribution >= 4 is 31.9 Å². The van der Waals surface area contributed by atoms with Crippen LogP contribution in [0.15, 0.2) is 51.8 Å². The van der Waals surface area contributed by atoms with Crippen LogP contribution < -0.4 is 14.2 Å². The van der Waals surface area contributed by atoms with Crippen LogP contribution in [0, 0.1) is 5.92 Å². The molecule has 2 unspecified atom stereocenters. The molecule has 1 fully saturated rings. The van der Waals surface area contributed by atoms with Gasteiger partial charge in [0, 0.05) is 16.5 Å². The van der Waals surface area contributed by atoms with Gasteiger partial charge < -0.3 is 9.47 Å². The second-order valence-electron chi connectivity index (χ2n) is 6.28. The van der Waals surface area contributed by atoms with Gasteiger partial charge in [-0.15, -0.1) is 0 Å². The largest absolute Gasteiger partial charge is 0.486 e. The molecule has 26 heavy (non-hydrogen) atoms. The first-order valence-electron chi connectivity index (χ1n) is 8.16. The molecule has 8 heteroatoms. The van der Waals surface area contributed by atoms with E-state index in [1.165, 1.54) is 18.2 Å². The van der Waals surface area contributed by atoms with Crippen LogP contribution in [0.3, 0.4) is 0 Å². The maximum Gasteiger partial charge on any atom is 0.264 e. The summed E-state index contributed by atoms with van der Waals surface area (Å²) in [5.74, 6) is 0.0903. The molecule has 2 aliphatic rings. The molecule has 1 saturated carbocycles. The van der Waals surface area contributed by atoms with Gasteiger partial charge in [0.15, 0.2) is 11.5 Å². The van der Waals surface area contributed by atoms with Gasteiger partial charge in [-0.1, -0.05) is 28.1 Å². The summed E-state index contributed by atoms with van der Waals surface area (Å²) in [6.45, 7) is 0.785. The first-order valence-corrected chi connectivity index (χ1v) is 10.4. The fraction of sp³-hybridized carbons (Fsp3) is 0.278. The highest BCUT2D eigenvalue weighted by Crippen LogP contribution is 2.48. The molecular weight excluding hydrogens is 422 g/mol.